The van der Waals surface area contributed by atoms with Crippen molar-refractivity contribution >= 4 is 23.5 Å². The highest BCUT2D eigenvalue weighted by Gasteiger charge is 2.37. The van der Waals surface area contributed by atoms with Crippen molar-refractivity contribution in [2.45, 2.75) is 12.7 Å². The van der Waals surface area contributed by atoms with Gasteiger partial charge in [-0.3, -0.25) is 24.6 Å². The third kappa shape index (κ3) is 3.65. The van der Waals surface area contributed by atoms with E-state index in [1.54, 1.807) is 12.1 Å². The Kier molecular flexibility index (Phi) is 5.25. The molecule has 30 heavy (non-hydrogen) atoms. The van der Waals surface area contributed by atoms with Gasteiger partial charge >= 0.3 is 11.7 Å². The topological polar surface area (TPSA) is 125 Å². The molecule has 2 aliphatic rings. The van der Waals surface area contributed by atoms with Gasteiger partial charge in [0.2, 0.25) is 5.75 Å². The highest BCUT2D eigenvalue weighted by atomic mass is 16.7. The zero-order chi connectivity index (χ0) is 21.3. The Hall–Kier alpha value is -3.63. The number of fused-ring (bicyclic) bond motifs is 1. The van der Waals surface area contributed by atoms with Gasteiger partial charge in [-0.25, -0.2) is 4.79 Å². The number of imide groups is 1. The molecule has 2 heterocycles. The van der Waals surface area contributed by atoms with Gasteiger partial charge in [0.15, 0.2) is 6.29 Å². The van der Waals surface area contributed by atoms with Crippen LogP contribution < -0.4 is 4.74 Å². The molecule has 0 unspecified atom stereocenters. The third-order valence-electron chi connectivity index (χ3n) is 4.67. The molecule has 2 aromatic rings. The lowest BCUT2D eigenvalue weighted by Gasteiger charge is -2.23. The van der Waals surface area contributed by atoms with Crippen LogP contribution in [0, 0.1) is 10.1 Å². The summed E-state index contributed by atoms with van der Waals surface area (Å²) in [6, 6.07) is 10.1. The second-order valence-electron chi connectivity index (χ2n) is 6.63. The van der Waals surface area contributed by atoms with Crippen molar-refractivity contribution < 1.29 is 33.5 Å². The number of amides is 2. The number of rotatable bonds is 5. The number of ether oxygens (including phenoxy) is 3. The summed E-state index contributed by atoms with van der Waals surface area (Å²) in [4.78, 5) is 48.5. The van der Waals surface area contributed by atoms with E-state index in [-0.39, 0.29) is 16.9 Å². The summed E-state index contributed by atoms with van der Waals surface area (Å²) in [6.45, 7) is 0.269. The van der Waals surface area contributed by atoms with Crippen molar-refractivity contribution in [3.63, 3.8) is 0 Å². The lowest BCUT2D eigenvalue weighted by atomic mass is 10.1. The van der Waals surface area contributed by atoms with Crippen molar-refractivity contribution in [3.05, 3.63) is 69.3 Å². The first kappa shape index (κ1) is 19.7. The van der Waals surface area contributed by atoms with Gasteiger partial charge in [0.25, 0.3) is 11.8 Å². The van der Waals surface area contributed by atoms with Crippen LogP contribution in [0.25, 0.3) is 0 Å². The molecular weight excluding hydrogens is 396 g/mol. The van der Waals surface area contributed by atoms with E-state index in [1.165, 1.54) is 30.3 Å². The monoisotopic (exact) mass is 412 g/mol. The van der Waals surface area contributed by atoms with Crippen molar-refractivity contribution in [1.29, 1.82) is 0 Å². The van der Waals surface area contributed by atoms with Crippen LogP contribution >= 0.6 is 0 Å². The molecule has 0 aliphatic carbocycles. The van der Waals surface area contributed by atoms with E-state index in [0.717, 1.165) is 11.3 Å². The summed E-state index contributed by atoms with van der Waals surface area (Å²) in [5, 5.41) is 11.4. The Morgan fingerprint density at radius 2 is 1.73 bits per heavy atom. The average Bonchev–Trinajstić information content (AvgIpc) is 2.99. The Labute approximate surface area is 170 Å². The van der Waals surface area contributed by atoms with Crippen LogP contribution in [0.3, 0.4) is 0 Å². The Morgan fingerprint density at radius 1 is 1.10 bits per heavy atom. The third-order valence-corrected chi connectivity index (χ3v) is 4.67. The first-order valence-electron chi connectivity index (χ1n) is 9.13. The van der Waals surface area contributed by atoms with Gasteiger partial charge in [-0.1, -0.05) is 12.1 Å². The second kappa shape index (κ2) is 8.01. The van der Waals surface area contributed by atoms with Crippen molar-refractivity contribution in [2.75, 3.05) is 19.8 Å². The van der Waals surface area contributed by atoms with Crippen molar-refractivity contribution in [2.24, 2.45) is 0 Å². The summed E-state index contributed by atoms with van der Waals surface area (Å²) in [5.41, 5.74) is 0.346. The van der Waals surface area contributed by atoms with Crippen LogP contribution in [0.4, 0.5) is 5.69 Å². The van der Waals surface area contributed by atoms with Gasteiger partial charge in [-0.2, -0.15) is 0 Å². The maximum atomic E-state index is 12.4. The fraction of sp³-hybridized carbons (Fsp3) is 0.250. The lowest BCUT2D eigenvalue weighted by molar-refractivity contribution is -0.385. The fourth-order valence-electron chi connectivity index (χ4n) is 3.26. The predicted octanol–water partition coefficient (Wildman–Crippen LogP) is 2.23. The Balaban J connectivity index is 1.50. The van der Waals surface area contributed by atoms with Crippen LogP contribution in [0.1, 0.15) is 39.0 Å². The molecular formula is C20H16N2O8. The van der Waals surface area contributed by atoms with Gasteiger partial charge in [0.1, 0.15) is 6.54 Å². The predicted molar refractivity (Wildman–Crippen MR) is 99.8 cm³/mol. The fourth-order valence-corrected chi connectivity index (χ4v) is 3.26. The molecule has 1 saturated heterocycles. The molecule has 0 aromatic heterocycles. The summed E-state index contributed by atoms with van der Waals surface area (Å²) in [6.07, 6.45) is -0.00733. The van der Waals surface area contributed by atoms with E-state index >= 15 is 0 Å². The number of carbonyl (C=O) groups excluding carboxylic acids is 3. The summed E-state index contributed by atoms with van der Waals surface area (Å²) >= 11 is 0. The number of hydrogen-bond donors (Lipinski definition) is 0. The number of nitrogens with zero attached hydrogens (tertiary/aromatic N) is 2. The first-order valence-corrected chi connectivity index (χ1v) is 9.13. The highest BCUT2D eigenvalue weighted by Crippen LogP contribution is 2.33. The van der Waals surface area contributed by atoms with E-state index in [2.05, 4.69) is 0 Å². The molecule has 10 nitrogen and oxygen atoms in total. The molecule has 0 saturated carbocycles. The summed E-state index contributed by atoms with van der Waals surface area (Å²) < 4.78 is 16.0. The summed E-state index contributed by atoms with van der Waals surface area (Å²) in [5.74, 6) is -2.53. The smallest absolute Gasteiger partial charge is 0.331 e. The SMILES string of the molecule is O=C(CN1C(=O)c2ccccc2C1=O)Oc1ccc(C2OCCCO2)cc1[N+](=O)[O-]. The van der Waals surface area contributed by atoms with Gasteiger partial charge in [-0.05, 0) is 30.7 Å². The molecule has 2 amide bonds. The number of nitro groups is 1. The second-order valence-corrected chi connectivity index (χ2v) is 6.63. The van der Waals surface area contributed by atoms with E-state index < -0.39 is 41.2 Å². The lowest BCUT2D eigenvalue weighted by Crippen LogP contribution is -2.36. The molecule has 0 N–H and O–H groups in total. The van der Waals surface area contributed by atoms with E-state index in [1.807, 2.05) is 0 Å². The zero-order valence-electron chi connectivity index (χ0n) is 15.6. The highest BCUT2D eigenvalue weighted by molar-refractivity contribution is 6.22. The maximum Gasteiger partial charge on any atom is 0.331 e. The van der Waals surface area contributed by atoms with Gasteiger partial charge in [0, 0.05) is 11.6 Å². The molecule has 1 fully saturated rings. The maximum absolute atomic E-state index is 12.4. The normalized spacial score (nSPS) is 16.5. The summed E-state index contributed by atoms with van der Waals surface area (Å²) in [7, 11) is 0. The van der Waals surface area contributed by atoms with Gasteiger partial charge in [0.05, 0.1) is 29.3 Å². The number of benzene rings is 2. The molecule has 0 atom stereocenters. The molecule has 2 aromatic carbocycles. The quantitative estimate of drug-likeness (QED) is 0.241. The first-order chi connectivity index (χ1) is 14.5. The molecule has 2 aliphatic heterocycles. The van der Waals surface area contributed by atoms with Crippen LogP contribution in [-0.2, 0) is 14.3 Å². The standard InChI is InChI=1S/C20H16N2O8/c23-17(11-21-18(24)13-4-1-2-5-14(13)19(21)25)30-16-7-6-12(10-15(16)22(26)27)20-28-8-3-9-29-20/h1-2,4-7,10,20H,3,8-9,11H2. The zero-order valence-corrected chi connectivity index (χ0v) is 15.6. The van der Waals surface area contributed by atoms with Gasteiger partial charge < -0.3 is 14.2 Å². The minimum Gasteiger partial charge on any atom is -0.418 e. The van der Waals surface area contributed by atoms with Gasteiger partial charge in [-0.15, -0.1) is 0 Å². The van der Waals surface area contributed by atoms with E-state index in [0.29, 0.717) is 18.8 Å². The molecule has 0 bridgehead atoms. The van der Waals surface area contributed by atoms with E-state index in [9.17, 15) is 24.5 Å². The minimum absolute atomic E-state index is 0.193. The number of hydrogen-bond acceptors (Lipinski definition) is 8. The van der Waals surface area contributed by atoms with E-state index in [4.69, 9.17) is 14.2 Å². The Bertz CT molecular complexity index is 1010. The minimum atomic E-state index is -0.981. The number of esters is 1. The van der Waals surface area contributed by atoms with Crippen LogP contribution in [-0.4, -0.2) is 47.4 Å². The van der Waals surface area contributed by atoms with Crippen molar-refractivity contribution in [1.82, 2.24) is 4.90 Å². The average molecular weight is 412 g/mol. The van der Waals surface area contributed by atoms with Crippen molar-refractivity contribution in [3.8, 4) is 5.75 Å². The molecule has 10 heteroatoms. The largest absolute Gasteiger partial charge is 0.418 e. The van der Waals surface area contributed by atoms with Crippen LogP contribution in [0.5, 0.6) is 5.75 Å². The number of carbonyl (C=O) groups is 3. The molecule has 0 radical (unpaired) electrons. The van der Waals surface area contributed by atoms with Crippen LogP contribution in [0.15, 0.2) is 42.5 Å². The Morgan fingerprint density at radius 3 is 2.33 bits per heavy atom. The molecule has 4 rings (SSSR count). The van der Waals surface area contributed by atoms with Crippen LogP contribution in [0.2, 0.25) is 0 Å². The molecule has 0 spiro atoms. The molecule has 154 valence electrons. The number of nitro benzene ring substituents is 1.